The number of amides is 1. The lowest BCUT2D eigenvalue weighted by Crippen LogP contribution is -2.48. The SMILES string of the molecule is CCOc1ccccc1N1CCN(CC(=O)Nc2ccc(OC(F)(F)F)cc2)CC1. The second kappa shape index (κ2) is 9.71. The number of ether oxygens (including phenoxy) is 2. The molecule has 0 saturated carbocycles. The van der Waals surface area contributed by atoms with Crippen LogP contribution in [0, 0.1) is 0 Å². The van der Waals surface area contributed by atoms with E-state index in [0.29, 0.717) is 25.4 Å². The summed E-state index contributed by atoms with van der Waals surface area (Å²) in [6, 6.07) is 13.0. The Balaban J connectivity index is 1.47. The first-order valence-electron chi connectivity index (χ1n) is 9.69. The molecule has 0 spiro atoms. The molecule has 2 aromatic rings. The standard InChI is InChI=1S/C21H24F3N3O3/c1-2-29-19-6-4-3-5-18(19)27-13-11-26(12-14-27)15-20(28)25-16-7-9-17(10-8-16)30-21(22,23)24/h3-10H,2,11-15H2,1H3,(H,25,28). The van der Waals surface area contributed by atoms with Crippen LogP contribution in [0.1, 0.15) is 6.92 Å². The summed E-state index contributed by atoms with van der Waals surface area (Å²) in [5.74, 6) is 0.302. The molecular formula is C21H24F3N3O3. The van der Waals surface area contributed by atoms with E-state index in [2.05, 4.69) is 15.0 Å². The van der Waals surface area contributed by atoms with Crippen LogP contribution in [0.15, 0.2) is 48.5 Å². The van der Waals surface area contributed by atoms with Crippen LogP contribution < -0.4 is 19.7 Å². The molecule has 162 valence electrons. The van der Waals surface area contributed by atoms with Gasteiger partial charge in [-0.05, 0) is 43.3 Å². The predicted molar refractivity (Wildman–Crippen MR) is 108 cm³/mol. The first-order chi connectivity index (χ1) is 14.3. The van der Waals surface area contributed by atoms with Crippen LogP contribution in [0.3, 0.4) is 0 Å². The number of nitrogens with one attached hydrogen (secondary N) is 1. The Kier molecular flexibility index (Phi) is 7.04. The molecule has 30 heavy (non-hydrogen) atoms. The van der Waals surface area contributed by atoms with E-state index in [4.69, 9.17) is 4.74 Å². The third kappa shape index (κ3) is 6.28. The van der Waals surface area contributed by atoms with Crippen LogP contribution in [0.5, 0.6) is 11.5 Å². The summed E-state index contributed by atoms with van der Waals surface area (Å²) in [7, 11) is 0. The van der Waals surface area contributed by atoms with Gasteiger partial charge in [-0.25, -0.2) is 0 Å². The molecule has 9 heteroatoms. The van der Waals surface area contributed by atoms with Crippen LogP contribution in [0.2, 0.25) is 0 Å². The number of carbonyl (C=O) groups excluding carboxylic acids is 1. The molecule has 1 aliphatic rings. The third-order valence-corrected chi connectivity index (χ3v) is 4.62. The minimum absolute atomic E-state index is 0.210. The summed E-state index contributed by atoms with van der Waals surface area (Å²) in [5.41, 5.74) is 1.46. The highest BCUT2D eigenvalue weighted by Gasteiger charge is 2.31. The summed E-state index contributed by atoms with van der Waals surface area (Å²) < 4.78 is 46.1. The molecule has 1 saturated heterocycles. The molecule has 1 aliphatic heterocycles. The quantitative estimate of drug-likeness (QED) is 0.735. The van der Waals surface area contributed by atoms with Crippen molar-refractivity contribution in [3.8, 4) is 11.5 Å². The Labute approximate surface area is 173 Å². The van der Waals surface area contributed by atoms with Crippen molar-refractivity contribution in [1.82, 2.24) is 4.90 Å². The number of nitrogens with zero attached hydrogens (tertiary/aromatic N) is 2. The minimum atomic E-state index is -4.74. The minimum Gasteiger partial charge on any atom is -0.492 e. The zero-order valence-electron chi connectivity index (χ0n) is 16.6. The van der Waals surface area contributed by atoms with Gasteiger partial charge >= 0.3 is 6.36 Å². The average Bonchev–Trinajstić information content (AvgIpc) is 2.70. The topological polar surface area (TPSA) is 54.0 Å². The molecule has 1 heterocycles. The zero-order chi connectivity index (χ0) is 21.6. The van der Waals surface area contributed by atoms with Gasteiger partial charge < -0.3 is 19.7 Å². The van der Waals surface area contributed by atoms with Gasteiger partial charge in [-0.2, -0.15) is 0 Å². The normalized spacial score (nSPS) is 15.0. The number of carbonyl (C=O) groups is 1. The van der Waals surface area contributed by atoms with Crippen molar-refractivity contribution in [2.75, 3.05) is 49.5 Å². The number of para-hydroxylation sites is 2. The molecule has 1 N–H and O–H groups in total. The van der Waals surface area contributed by atoms with E-state index in [0.717, 1.165) is 36.7 Å². The van der Waals surface area contributed by atoms with E-state index >= 15 is 0 Å². The lowest BCUT2D eigenvalue weighted by atomic mass is 10.2. The van der Waals surface area contributed by atoms with Gasteiger partial charge in [0.15, 0.2) is 0 Å². The van der Waals surface area contributed by atoms with E-state index in [1.807, 2.05) is 36.1 Å². The van der Waals surface area contributed by atoms with Crippen LogP contribution in [-0.4, -0.2) is 56.5 Å². The molecular weight excluding hydrogens is 399 g/mol. The van der Waals surface area contributed by atoms with Crippen LogP contribution >= 0.6 is 0 Å². The fraction of sp³-hybridized carbons (Fsp3) is 0.381. The number of piperazine rings is 1. The van der Waals surface area contributed by atoms with Gasteiger partial charge in [-0.3, -0.25) is 9.69 Å². The first-order valence-corrected chi connectivity index (χ1v) is 9.69. The summed E-state index contributed by atoms with van der Waals surface area (Å²) >= 11 is 0. The van der Waals surface area contributed by atoms with E-state index in [-0.39, 0.29) is 18.2 Å². The number of hydrogen-bond acceptors (Lipinski definition) is 5. The summed E-state index contributed by atoms with van der Waals surface area (Å²) in [6.45, 7) is 5.71. The average molecular weight is 423 g/mol. The van der Waals surface area contributed by atoms with E-state index in [9.17, 15) is 18.0 Å². The Hall–Kier alpha value is -2.94. The summed E-state index contributed by atoms with van der Waals surface area (Å²) in [6.07, 6.45) is -4.74. The highest BCUT2D eigenvalue weighted by atomic mass is 19.4. The monoisotopic (exact) mass is 423 g/mol. The van der Waals surface area contributed by atoms with Crippen molar-refractivity contribution in [2.24, 2.45) is 0 Å². The summed E-state index contributed by atoms with van der Waals surface area (Å²) in [4.78, 5) is 16.6. The molecule has 6 nitrogen and oxygen atoms in total. The van der Waals surface area contributed by atoms with Crippen LogP contribution in [0.4, 0.5) is 24.5 Å². The number of benzene rings is 2. The van der Waals surface area contributed by atoms with Gasteiger partial charge in [0.25, 0.3) is 0 Å². The number of halogens is 3. The smallest absolute Gasteiger partial charge is 0.492 e. The van der Waals surface area contributed by atoms with E-state index in [1.165, 1.54) is 12.1 Å². The molecule has 3 rings (SSSR count). The van der Waals surface area contributed by atoms with Crippen molar-refractivity contribution >= 4 is 17.3 Å². The van der Waals surface area contributed by atoms with Crippen LogP contribution in [0.25, 0.3) is 0 Å². The second-order valence-electron chi connectivity index (χ2n) is 6.78. The molecule has 1 fully saturated rings. The van der Waals surface area contributed by atoms with Gasteiger partial charge in [0.1, 0.15) is 11.5 Å². The number of hydrogen-bond donors (Lipinski definition) is 1. The molecule has 1 amide bonds. The lowest BCUT2D eigenvalue weighted by Gasteiger charge is -2.36. The third-order valence-electron chi connectivity index (χ3n) is 4.62. The van der Waals surface area contributed by atoms with Gasteiger partial charge in [0.2, 0.25) is 5.91 Å². The highest BCUT2D eigenvalue weighted by molar-refractivity contribution is 5.92. The Bertz CT molecular complexity index is 835. The van der Waals surface area contributed by atoms with E-state index in [1.54, 1.807) is 0 Å². The zero-order valence-corrected chi connectivity index (χ0v) is 16.6. The van der Waals surface area contributed by atoms with Crippen molar-refractivity contribution < 1.29 is 27.4 Å². The van der Waals surface area contributed by atoms with Crippen molar-refractivity contribution in [3.63, 3.8) is 0 Å². The molecule has 0 radical (unpaired) electrons. The molecule has 2 aromatic carbocycles. The number of rotatable bonds is 7. The van der Waals surface area contributed by atoms with Crippen LogP contribution in [-0.2, 0) is 4.79 Å². The largest absolute Gasteiger partial charge is 0.573 e. The summed E-state index contributed by atoms with van der Waals surface area (Å²) in [5, 5.41) is 2.70. The van der Waals surface area contributed by atoms with Crippen molar-refractivity contribution in [1.29, 1.82) is 0 Å². The number of anilines is 2. The highest BCUT2D eigenvalue weighted by Crippen LogP contribution is 2.29. The molecule has 0 aromatic heterocycles. The number of alkyl halides is 3. The first kappa shape index (κ1) is 21.8. The van der Waals surface area contributed by atoms with Crippen molar-refractivity contribution in [3.05, 3.63) is 48.5 Å². The molecule has 0 atom stereocenters. The predicted octanol–water partition coefficient (Wildman–Crippen LogP) is 3.74. The fourth-order valence-corrected chi connectivity index (χ4v) is 3.29. The second-order valence-corrected chi connectivity index (χ2v) is 6.78. The van der Waals surface area contributed by atoms with E-state index < -0.39 is 6.36 Å². The van der Waals surface area contributed by atoms with Gasteiger partial charge in [-0.15, -0.1) is 13.2 Å². The van der Waals surface area contributed by atoms with Gasteiger partial charge in [0, 0.05) is 31.9 Å². The Morgan fingerprint density at radius 1 is 1.03 bits per heavy atom. The fourth-order valence-electron chi connectivity index (χ4n) is 3.29. The Morgan fingerprint density at radius 3 is 2.33 bits per heavy atom. The molecule has 0 bridgehead atoms. The lowest BCUT2D eigenvalue weighted by molar-refractivity contribution is -0.274. The van der Waals surface area contributed by atoms with Gasteiger partial charge in [-0.1, -0.05) is 12.1 Å². The molecule has 0 unspecified atom stereocenters. The van der Waals surface area contributed by atoms with Crippen molar-refractivity contribution in [2.45, 2.75) is 13.3 Å². The maximum atomic E-state index is 12.3. The maximum absolute atomic E-state index is 12.3. The Morgan fingerprint density at radius 2 is 1.70 bits per heavy atom. The molecule has 0 aliphatic carbocycles. The van der Waals surface area contributed by atoms with Gasteiger partial charge in [0.05, 0.1) is 18.8 Å². The maximum Gasteiger partial charge on any atom is 0.573 e.